The number of ether oxygens (including phenoxy) is 3. The van der Waals surface area contributed by atoms with Crippen molar-refractivity contribution in [2.45, 2.75) is 25.4 Å². The molecule has 0 bridgehead atoms. The molecule has 1 heterocycles. The molecule has 0 saturated heterocycles. The zero-order valence-electron chi connectivity index (χ0n) is 14.2. The maximum atomic E-state index is 10.1. The molecular formula is C20H22O4. The first-order valence-electron chi connectivity index (χ1n) is 7.94. The second-order valence-corrected chi connectivity index (χ2v) is 5.95. The van der Waals surface area contributed by atoms with Crippen molar-refractivity contribution >= 4 is 0 Å². The number of phenols is 1. The second-order valence-electron chi connectivity index (χ2n) is 5.95. The van der Waals surface area contributed by atoms with E-state index in [2.05, 4.69) is 13.5 Å². The zero-order valence-corrected chi connectivity index (χ0v) is 14.2. The van der Waals surface area contributed by atoms with Crippen LogP contribution >= 0.6 is 0 Å². The summed E-state index contributed by atoms with van der Waals surface area (Å²) in [5.41, 5.74) is 2.98. The van der Waals surface area contributed by atoms with Crippen LogP contribution < -0.4 is 14.2 Å². The van der Waals surface area contributed by atoms with Crippen LogP contribution in [-0.2, 0) is 6.42 Å². The number of fused-ring (bicyclic) bond motifs is 1. The third-order valence-corrected chi connectivity index (χ3v) is 4.51. The van der Waals surface area contributed by atoms with Gasteiger partial charge in [0.1, 0.15) is 17.6 Å². The standard InChI is InChI=1S/C20H22O4/c1-5-6-13-9-15-12(2)20(24-18(15)11-16(13)21)14-7-8-17(22-3)19(10-14)23-4/h5,7-12,20-21H,1,6H2,2-4H3/t12-,20-/m0/s1. The van der Waals surface area contributed by atoms with Crippen molar-refractivity contribution in [3.05, 3.63) is 59.7 Å². The average molecular weight is 326 g/mol. The van der Waals surface area contributed by atoms with Crippen molar-refractivity contribution in [2.75, 3.05) is 14.2 Å². The Morgan fingerprint density at radius 2 is 1.92 bits per heavy atom. The summed E-state index contributed by atoms with van der Waals surface area (Å²) < 4.78 is 16.8. The topological polar surface area (TPSA) is 47.9 Å². The van der Waals surface area contributed by atoms with Crippen molar-refractivity contribution < 1.29 is 19.3 Å². The van der Waals surface area contributed by atoms with Crippen LogP contribution in [0, 0.1) is 0 Å². The molecule has 0 spiro atoms. The van der Waals surface area contributed by atoms with Crippen molar-refractivity contribution in [3.8, 4) is 23.0 Å². The lowest BCUT2D eigenvalue weighted by atomic mass is 9.91. The first-order chi connectivity index (χ1) is 11.6. The molecular weight excluding hydrogens is 304 g/mol. The summed E-state index contributed by atoms with van der Waals surface area (Å²) in [6.07, 6.45) is 2.29. The largest absolute Gasteiger partial charge is 0.508 e. The number of methoxy groups -OCH3 is 2. The van der Waals surface area contributed by atoms with Gasteiger partial charge in [-0.15, -0.1) is 6.58 Å². The fourth-order valence-electron chi connectivity index (χ4n) is 3.20. The Morgan fingerprint density at radius 3 is 2.58 bits per heavy atom. The summed E-state index contributed by atoms with van der Waals surface area (Å²) in [5.74, 6) is 2.51. The zero-order chi connectivity index (χ0) is 17.3. The van der Waals surface area contributed by atoms with Crippen LogP contribution in [0.25, 0.3) is 0 Å². The molecule has 3 rings (SSSR count). The number of hydrogen-bond acceptors (Lipinski definition) is 4. The van der Waals surface area contributed by atoms with Crippen molar-refractivity contribution in [3.63, 3.8) is 0 Å². The first kappa shape index (κ1) is 16.2. The van der Waals surface area contributed by atoms with Crippen molar-refractivity contribution in [1.82, 2.24) is 0 Å². The van der Waals surface area contributed by atoms with E-state index in [0.29, 0.717) is 17.9 Å². The molecule has 0 saturated carbocycles. The molecule has 0 amide bonds. The minimum Gasteiger partial charge on any atom is -0.508 e. The van der Waals surface area contributed by atoms with E-state index in [9.17, 15) is 5.11 Å². The van der Waals surface area contributed by atoms with Gasteiger partial charge in [0.2, 0.25) is 0 Å². The van der Waals surface area contributed by atoms with Crippen LogP contribution in [-0.4, -0.2) is 19.3 Å². The second kappa shape index (κ2) is 6.48. The SMILES string of the molecule is C=CCc1cc2c(cc1O)O[C@H](c1ccc(OC)c(OC)c1)[C@H]2C. The van der Waals surface area contributed by atoms with E-state index < -0.39 is 0 Å². The summed E-state index contributed by atoms with van der Waals surface area (Å²) in [4.78, 5) is 0. The van der Waals surface area contributed by atoms with Crippen LogP contribution in [0.2, 0.25) is 0 Å². The molecule has 0 fully saturated rings. The smallest absolute Gasteiger partial charge is 0.161 e. The summed E-state index contributed by atoms with van der Waals surface area (Å²) in [6, 6.07) is 9.52. The highest BCUT2D eigenvalue weighted by Crippen LogP contribution is 2.48. The fraction of sp³-hybridized carbons (Fsp3) is 0.300. The number of aromatic hydroxyl groups is 1. The molecule has 1 aliphatic heterocycles. The highest BCUT2D eigenvalue weighted by Gasteiger charge is 2.33. The number of phenolic OH excluding ortho intramolecular Hbond substituents is 1. The van der Waals surface area contributed by atoms with E-state index in [0.717, 1.165) is 22.4 Å². The average Bonchev–Trinajstić information content (AvgIpc) is 2.91. The van der Waals surface area contributed by atoms with E-state index in [1.165, 1.54) is 0 Å². The van der Waals surface area contributed by atoms with Gasteiger partial charge in [0.25, 0.3) is 0 Å². The van der Waals surface area contributed by atoms with Gasteiger partial charge in [0, 0.05) is 17.5 Å². The third-order valence-electron chi connectivity index (χ3n) is 4.51. The molecule has 1 aliphatic rings. The van der Waals surface area contributed by atoms with Crippen LogP contribution in [0.1, 0.15) is 35.6 Å². The lowest BCUT2D eigenvalue weighted by molar-refractivity contribution is 0.214. The molecule has 0 radical (unpaired) electrons. The number of rotatable bonds is 5. The Kier molecular flexibility index (Phi) is 4.38. The predicted octanol–water partition coefficient (Wildman–Crippen LogP) is 4.38. The molecule has 2 atom stereocenters. The molecule has 2 aromatic rings. The van der Waals surface area contributed by atoms with Gasteiger partial charge < -0.3 is 19.3 Å². The van der Waals surface area contributed by atoms with Crippen LogP contribution in [0.15, 0.2) is 43.0 Å². The highest BCUT2D eigenvalue weighted by atomic mass is 16.5. The van der Waals surface area contributed by atoms with E-state index in [-0.39, 0.29) is 17.8 Å². The Balaban J connectivity index is 1.96. The van der Waals surface area contributed by atoms with Gasteiger partial charge in [-0.05, 0) is 35.7 Å². The van der Waals surface area contributed by atoms with Crippen molar-refractivity contribution in [1.29, 1.82) is 0 Å². The van der Waals surface area contributed by atoms with E-state index in [1.807, 2.05) is 24.3 Å². The lowest BCUT2D eigenvalue weighted by Gasteiger charge is -2.17. The first-order valence-corrected chi connectivity index (χ1v) is 7.94. The van der Waals surface area contributed by atoms with Gasteiger partial charge in [-0.3, -0.25) is 0 Å². The van der Waals surface area contributed by atoms with Crippen LogP contribution in [0.3, 0.4) is 0 Å². The van der Waals surface area contributed by atoms with E-state index in [1.54, 1.807) is 26.4 Å². The third kappa shape index (κ3) is 2.68. The summed E-state index contributed by atoms with van der Waals surface area (Å²) in [7, 11) is 3.24. The molecule has 4 heteroatoms. The molecule has 0 unspecified atom stereocenters. The Morgan fingerprint density at radius 1 is 1.17 bits per heavy atom. The minimum atomic E-state index is -0.127. The van der Waals surface area contributed by atoms with E-state index >= 15 is 0 Å². The summed E-state index contributed by atoms with van der Waals surface area (Å²) in [5, 5.41) is 10.1. The number of hydrogen-bond donors (Lipinski definition) is 1. The molecule has 1 N–H and O–H groups in total. The Bertz CT molecular complexity index is 766. The Hall–Kier alpha value is -2.62. The lowest BCUT2D eigenvalue weighted by Crippen LogP contribution is -2.07. The highest BCUT2D eigenvalue weighted by molar-refractivity contribution is 5.52. The summed E-state index contributed by atoms with van der Waals surface area (Å²) >= 11 is 0. The molecule has 2 aromatic carbocycles. The number of allylic oxidation sites excluding steroid dienone is 1. The quantitative estimate of drug-likeness (QED) is 0.829. The van der Waals surface area contributed by atoms with Gasteiger partial charge in [-0.1, -0.05) is 19.1 Å². The minimum absolute atomic E-state index is 0.127. The maximum absolute atomic E-state index is 10.1. The van der Waals surface area contributed by atoms with Crippen LogP contribution in [0.4, 0.5) is 0 Å². The van der Waals surface area contributed by atoms with Crippen LogP contribution in [0.5, 0.6) is 23.0 Å². The molecule has 24 heavy (non-hydrogen) atoms. The molecule has 126 valence electrons. The maximum Gasteiger partial charge on any atom is 0.161 e. The monoisotopic (exact) mass is 326 g/mol. The molecule has 0 aliphatic carbocycles. The van der Waals surface area contributed by atoms with Crippen molar-refractivity contribution in [2.24, 2.45) is 0 Å². The number of benzene rings is 2. The normalized spacial score (nSPS) is 18.6. The van der Waals surface area contributed by atoms with Gasteiger partial charge in [0.15, 0.2) is 11.5 Å². The van der Waals surface area contributed by atoms with E-state index in [4.69, 9.17) is 14.2 Å². The van der Waals surface area contributed by atoms with Gasteiger partial charge in [0.05, 0.1) is 14.2 Å². The van der Waals surface area contributed by atoms with Gasteiger partial charge in [-0.25, -0.2) is 0 Å². The predicted molar refractivity (Wildman–Crippen MR) is 93.3 cm³/mol. The fourth-order valence-corrected chi connectivity index (χ4v) is 3.20. The van der Waals surface area contributed by atoms with Gasteiger partial charge >= 0.3 is 0 Å². The molecule has 0 aromatic heterocycles. The van der Waals surface area contributed by atoms with Gasteiger partial charge in [-0.2, -0.15) is 0 Å². The molecule has 4 nitrogen and oxygen atoms in total. The Labute approximate surface area is 142 Å². The summed E-state index contributed by atoms with van der Waals surface area (Å²) in [6.45, 7) is 5.87.